The molecule has 144 valence electrons. The lowest BCUT2D eigenvalue weighted by atomic mass is 9.93. The van der Waals surface area contributed by atoms with Crippen LogP contribution >= 0.6 is 11.6 Å². The SMILES string of the molecule is COCCNC(=O)[C@H]1CCCN(C2CCN(c3ccc(Cl)nn3)CC2)C1. The highest BCUT2D eigenvalue weighted by molar-refractivity contribution is 6.29. The van der Waals surface area contributed by atoms with E-state index in [9.17, 15) is 4.79 Å². The predicted molar refractivity (Wildman–Crippen MR) is 101 cm³/mol. The lowest BCUT2D eigenvalue weighted by Crippen LogP contribution is -2.51. The van der Waals surface area contributed by atoms with Crippen LogP contribution in [0.25, 0.3) is 0 Å². The van der Waals surface area contributed by atoms with Crippen molar-refractivity contribution in [3.05, 3.63) is 17.3 Å². The van der Waals surface area contributed by atoms with Crippen LogP contribution in [0.2, 0.25) is 5.15 Å². The van der Waals surface area contributed by atoms with Gasteiger partial charge in [0.05, 0.1) is 12.5 Å². The summed E-state index contributed by atoms with van der Waals surface area (Å²) >= 11 is 5.82. The normalized spacial score (nSPS) is 22.4. The molecule has 1 aromatic heterocycles. The van der Waals surface area contributed by atoms with Crippen LogP contribution in [-0.2, 0) is 9.53 Å². The van der Waals surface area contributed by atoms with E-state index in [-0.39, 0.29) is 11.8 Å². The first kappa shape index (κ1) is 19.3. The van der Waals surface area contributed by atoms with Crippen molar-refractivity contribution < 1.29 is 9.53 Å². The Kier molecular flexibility index (Phi) is 7.05. The molecule has 1 aromatic rings. The van der Waals surface area contributed by atoms with Gasteiger partial charge in [-0.2, -0.15) is 0 Å². The molecular weight excluding hydrogens is 354 g/mol. The minimum absolute atomic E-state index is 0.0979. The maximum absolute atomic E-state index is 12.3. The number of amides is 1. The lowest BCUT2D eigenvalue weighted by Gasteiger charge is -2.42. The molecule has 2 aliphatic heterocycles. The van der Waals surface area contributed by atoms with Gasteiger partial charge in [-0.25, -0.2) is 0 Å². The van der Waals surface area contributed by atoms with Crippen LogP contribution in [0.3, 0.4) is 0 Å². The van der Waals surface area contributed by atoms with E-state index in [1.54, 1.807) is 13.2 Å². The number of anilines is 1. The highest BCUT2D eigenvalue weighted by atomic mass is 35.5. The summed E-state index contributed by atoms with van der Waals surface area (Å²) in [5.41, 5.74) is 0. The number of piperidine rings is 2. The third-order valence-electron chi connectivity index (χ3n) is 5.35. The predicted octanol–water partition coefficient (Wildman–Crippen LogP) is 1.57. The summed E-state index contributed by atoms with van der Waals surface area (Å²) in [5, 5.41) is 11.5. The summed E-state index contributed by atoms with van der Waals surface area (Å²) in [6.45, 7) is 5.03. The Balaban J connectivity index is 1.47. The van der Waals surface area contributed by atoms with Gasteiger partial charge < -0.3 is 15.0 Å². The number of nitrogens with one attached hydrogen (secondary N) is 1. The number of ether oxygens (including phenoxy) is 1. The Morgan fingerprint density at radius 2 is 2.08 bits per heavy atom. The third-order valence-corrected chi connectivity index (χ3v) is 5.55. The summed E-state index contributed by atoms with van der Waals surface area (Å²) in [4.78, 5) is 17.1. The van der Waals surface area contributed by atoms with Gasteiger partial charge in [-0.1, -0.05) is 11.6 Å². The molecule has 0 spiro atoms. The van der Waals surface area contributed by atoms with Gasteiger partial charge in [-0.05, 0) is 44.4 Å². The summed E-state index contributed by atoms with van der Waals surface area (Å²) in [6, 6.07) is 4.26. The van der Waals surface area contributed by atoms with Gasteiger partial charge in [-0.15, -0.1) is 10.2 Å². The fraction of sp³-hybridized carbons (Fsp3) is 0.722. The molecule has 3 heterocycles. The van der Waals surface area contributed by atoms with Gasteiger partial charge in [0.1, 0.15) is 0 Å². The number of aromatic nitrogens is 2. The summed E-state index contributed by atoms with van der Waals surface area (Å²) in [5.74, 6) is 1.16. The number of rotatable bonds is 6. The minimum Gasteiger partial charge on any atom is -0.383 e. The Hall–Kier alpha value is -1.44. The molecule has 0 bridgehead atoms. The highest BCUT2D eigenvalue weighted by Gasteiger charge is 2.31. The van der Waals surface area contributed by atoms with Crippen molar-refractivity contribution in [1.29, 1.82) is 0 Å². The van der Waals surface area contributed by atoms with Crippen molar-refractivity contribution in [2.75, 3.05) is 51.3 Å². The molecule has 0 radical (unpaired) electrons. The standard InChI is InChI=1S/C18H28ClN5O2/c1-26-12-8-20-18(25)14-3-2-9-24(13-14)15-6-10-23(11-7-15)17-5-4-16(19)21-22-17/h4-5,14-15H,2-3,6-13H2,1H3,(H,20,25)/t14-/m0/s1. The number of methoxy groups -OCH3 is 1. The number of hydrogen-bond acceptors (Lipinski definition) is 6. The molecular formula is C18H28ClN5O2. The van der Waals surface area contributed by atoms with Gasteiger partial charge in [0, 0.05) is 39.3 Å². The molecule has 1 atom stereocenters. The molecule has 1 amide bonds. The van der Waals surface area contributed by atoms with Gasteiger partial charge >= 0.3 is 0 Å². The van der Waals surface area contributed by atoms with E-state index in [0.717, 1.165) is 57.7 Å². The van der Waals surface area contributed by atoms with E-state index in [1.165, 1.54) is 0 Å². The zero-order chi connectivity index (χ0) is 18.4. The number of likely N-dealkylation sites (tertiary alicyclic amines) is 1. The molecule has 2 saturated heterocycles. The third kappa shape index (κ3) is 5.05. The van der Waals surface area contributed by atoms with Crippen molar-refractivity contribution in [3.63, 3.8) is 0 Å². The van der Waals surface area contributed by atoms with Crippen LogP contribution in [0.1, 0.15) is 25.7 Å². The first-order chi connectivity index (χ1) is 12.7. The van der Waals surface area contributed by atoms with Crippen molar-refractivity contribution in [3.8, 4) is 0 Å². The lowest BCUT2D eigenvalue weighted by molar-refractivity contribution is -0.127. The summed E-state index contributed by atoms with van der Waals surface area (Å²) in [6.07, 6.45) is 4.24. The zero-order valence-corrected chi connectivity index (χ0v) is 16.1. The Morgan fingerprint density at radius 3 is 2.77 bits per heavy atom. The Morgan fingerprint density at radius 1 is 1.27 bits per heavy atom. The highest BCUT2D eigenvalue weighted by Crippen LogP contribution is 2.25. The molecule has 26 heavy (non-hydrogen) atoms. The Bertz CT molecular complexity index is 577. The zero-order valence-electron chi connectivity index (χ0n) is 15.4. The van der Waals surface area contributed by atoms with Gasteiger partial charge in [-0.3, -0.25) is 9.69 Å². The van der Waals surface area contributed by atoms with Crippen LogP contribution in [0.15, 0.2) is 12.1 Å². The van der Waals surface area contributed by atoms with Crippen LogP contribution in [0.4, 0.5) is 5.82 Å². The fourth-order valence-electron chi connectivity index (χ4n) is 3.91. The van der Waals surface area contributed by atoms with E-state index in [0.29, 0.717) is 24.3 Å². The average Bonchev–Trinajstić information content (AvgIpc) is 2.69. The van der Waals surface area contributed by atoms with Crippen molar-refractivity contribution in [2.24, 2.45) is 5.92 Å². The van der Waals surface area contributed by atoms with E-state index in [2.05, 4.69) is 25.3 Å². The molecule has 8 heteroatoms. The number of carbonyl (C=O) groups excluding carboxylic acids is 1. The first-order valence-electron chi connectivity index (χ1n) is 9.42. The van der Waals surface area contributed by atoms with Crippen molar-refractivity contribution in [1.82, 2.24) is 20.4 Å². The van der Waals surface area contributed by atoms with Crippen LogP contribution in [0, 0.1) is 5.92 Å². The van der Waals surface area contributed by atoms with Crippen LogP contribution in [-0.4, -0.2) is 73.5 Å². The van der Waals surface area contributed by atoms with Crippen molar-refractivity contribution in [2.45, 2.75) is 31.7 Å². The quantitative estimate of drug-likeness (QED) is 0.754. The maximum Gasteiger partial charge on any atom is 0.224 e. The number of carbonyl (C=O) groups is 1. The Labute approximate surface area is 160 Å². The summed E-state index contributed by atoms with van der Waals surface area (Å²) < 4.78 is 5.00. The average molecular weight is 382 g/mol. The van der Waals surface area contributed by atoms with Gasteiger partial charge in [0.25, 0.3) is 0 Å². The van der Waals surface area contributed by atoms with E-state index in [1.807, 2.05) is 6.07 Å². The number of nitrogens with zero attached hydrogens (tertiary/aromatic N) is 4. The second-order valence-corrected chi connectivity index (χ2v) is 7.44. The van der Waals surface area contributed by atoms with Crippen molar-refractivity contribution >= 4 is 23.3 Å². The molecule has 1 N–H and O–H groups in total. The largest absolute Gasteiger partial charge is 0.383 e. The van der Waals surface area contributed by atoms with Gasteiger partial charge in [0.2, 0.25) is 5.91 Å². The first-order valence-corrected chi connectivity index (χ1v) is 9.80. The minimum atomic E-state index is 0.0979. The van der Waals surface area contributed by atoms with E-state index < -0.39 is 0 Å². The smallest absolute Gasteiger partial charge is 0.224 e. The van der Waals surface area contributed by atoms with E-state index >= 15 is 0 Å². The monoisotopic (exact) mass is 381 g/mol. The molecule has 2 aliphatic rings. The molecule has 0 unspecified atom stereocenters. The topological polar surface area (TPSA) is 70.6 Å². The maximum atomic E-state index is 12.3. The molecule has 7 nitrogen and oxygen atoms in total. The van der Waals surface area contributed by atoms with Gasteiger partial charge in [0.15, 0.2) is 11.0 Å². The van der Waals surface area contributed by atoms with E-state index in [4.69, 9.17) is 16.3 Å². The molecule has 3 rings (SSSR count). The second-order valence-electron chi connectivity index (χ2n) is 7.05. The van der Waals surface area contributed by atoms with Crippen LogP contribution in [0.5, 0.6) is 0 Å². The molecule has 2 fully saturated rings. The fourth-order valence-corrected chi connectivity index (χ4v) is 4.01. The molecule has 0 aliphatic carbocycles. The second kappa shape index (κ2) is 9.48. The number of hydrogen-bond donors (Lipinski definition) is 1. The summed E-state index contributed by atoms with van der Waals surface area (Å²) in [7, 11) is 1.65. The number of halogens is 1. The molecule has 0 saturated carbocycles. The molecule has 0 aromatic carbocycles. The van der Waals surface area contributed by atoms with Crippen LogP contribution < -0.4 is 10.2 Å².